The number of imidazole rings is 1. The van der Waals surface area contributed by atoms with E-state index in [0.29, 0.717) is 17.9 Å². The van der Waals surface area contributed by atoms with E-state index in [1.165, 1.54) is 16.7 Å². The minimum absolute atomic E-state index is 0.156. The van der Waals surface area contributed by atoms with E-state index in [1.807, 2.05) is 37.3 Å². The largest absolute Gasteiger partial charge is 0.497 e. The summed E-state index contributed by atoms with van der Waals surface area (Å²) in [6.07, 6.45) is 0. The van der Waals surface area contributed by atoms with Gasteiger partial charge in [-0.1, -0.05) is 42.0 Å². The summed E-state index contributed by atoms with van der Waals surface area (Å²) >= 11 is 0. The van der Waals surface area contributed by atoms with E-state index in [4.69, 9.17) is 9.72 Å². The molecule has 1 atom stereocenters. The van der Waals surface area contributed by atoms with E-state index < -0.39 is 0 Å². The molecule has 0 aliphatic rings. The molecule has 0 saturated carbocycles. The Hall–Kier alpha value is -3.60. The summed E-state index contributed by atoms with van der Waals surface area (Å²) in [6, 6.07) is 21.5. The van der Waals surface area contributed by atoms with Crippen LogP contribution in [-0.2, 0) is 6.54 Å². The van der Waals surface area contributed by atoms with Crippen molar-refractivity contribution in [3.8, 4) is 5.75 Å². The second kappa shape index (κ2) is 8.64. The normalized spacial score (nSPS) is 12.0. The van der Waals surface area contributed by atoms with Gasteiger partial charge in [-0.25, -0.2) is 4.98 Å². The van der Waals surface area contributed by atoms with E-state index in [0.717, 1.165) is 16.9 Å². The van der Waals surface area contributed by atoms with E-state index >= 15 is 0 Å². The third-order valence-corrected chi connectivity index (χ3v) is 5.58. The van der Waals surface area contributed by atoms with Crippen LogP contribution in [0.25, 0.3) is 11.0 Å². The maximum absolute atomic E-state index is 12.9. The Balaban J connectivity index is 1.68. The number of hydrogen-bond acceptors (Lipinski definition) is 3. The molecule has 1 heterocycles. The van der Waals surface area contributed by atoms with Crippen molar-refractivity contribution in [2.24, 2.45) is 0 Å². The van der Waals surface area contributed by atoms with Gasteiger partial charge in [0, 0.05) is 12.1 Å². The van der Waals surface area contributed by atoms with Crippen molar-refractivity contribution in [3.63, 3.8) is 0 Å². The quantitative estimate of drug-likeness (QED) is 0.473. The first-order valence-corrected chi connectivity index (χ1v) is 10.4. The molecule has 158 valence electrons. The second-order valence-corrected chi connectivity index (χ2v) is 7.90. The van der Waals surface area contributed by atoms with Crippen molar-refractivity contribution >= 4 is 16.9 Å². The Morgan fingerprint density at radius 1 is 1.06 bits per heavy atom. The Labute approximate surface area is 182 Å². The summed E-state index contributed by atoms with van der Waals surface area (Å²) < 4.78 is 7.45. The van der Waals surface area contributed by atoms with E-state index in [-0.39, 0.29) is 11.9 Å². The third kappa shape index (κ3) is 4.31. The Kier molecular flexibility index (Phi) is 5.76. The van der Waals surface area contributed by atoms with Crippen LogP contribution in [-0.4, -0.2) is 22.6 Å². The number of nitrogens with one attached hydrogen (secondary N) is 1. The van der Waals surface area contributed by atoms with Gasteiger partial charge in [0.25, 0.3) is 5.91 Å². The van der Waals surface area contributed by atoms with E-state index in [1.54, 1.807) is 19.2 Å². The lowest BCUT2D eigenvalue weighted by molar-refractivity contribution is 0.0937. The number of carbonyl (C=O) groups is 1. The van der Waals surface area contributed by atoms with Crippen LogP contribution in [0, 0.1) is 13.8 Å². The molecule has 1 unspecified atom stereocenters. The molecule has 0 fully saturated rings. The third-order valence-electron chi connectivity index (χ3n) is 5.58. The van der Waals surface area contributed by atoms with Crippen LogP contribution in [0.15, 0.2) is 66.7 Å². The van der Waals surface area contributed by atoms with Crippen LogP contribution in [0.3, 0.4) is 0 Å². The lowest BCUT2D eigenvalue weighted by atomic mass is 10.1. The minimum atomic E-state index is -0.267. The van der Waals surface area contributed by atoms with Crippen molar-refractivity contribution in [2.45, 2.75) is 33.4 Å². The molecule has 0 bridgehead atoms. The molecule has 1 N–H and O–H groups in total. The fraction of sp³-hybridized carbons (Fsp3) is 0.231. The van der Waals surface area contributed by atoms with Crippen molar-refractivity contribution in [1.82, 2.24) is 14.9 Å². The lowest BCUT2D eigenvalue weighted by Crippen LogP contribution is -2.29. The van der Waals surface area contributed by atoms with Gasteiger partial charge in [-0.2, -0.15) is 0 Å². The zero-order valence-corrected chi connectivity index (χ0v) is 18.3. The number of rotatable bonds is 6. The minimum Gasteiger partial charge on any atom is -0.497 e. The highest BCUT2D eigenvalue weighted by Gasteiger charge is 2.20. The van der Waals surface area contributed by atoms with Crippen molar-refractivity contribution in [3.05, 3.63) is 94.8 Å². The fourth-order valence-corrected chi connectivity index (χ4v) is 3.84. The molecule has 1 amide bonds. The van der Waals surface area contributed by atoms with Gasteiger partial charge in [-0.05, 0) is 62.2 Å². The smallest absolute Gasteiger partial charge is 0.251 e. The Bertz CT molecular complexity index is 1240. The summed E-state index contributed by atoms with van der Waals surface area (Å²) in [5.41, 5.74) is 6.25. The first-order valence-electron chi connectivity index (χ1n) is 10.4. The Morgan fingerprint density at radius 2 is 1.87 bits per heavy atom. The average molecular weight is 414 g/mol. The highest BCUT2D eigenvalue weighted by molar-refractivity contribution is 5.94. The summed E-state index contributed by atoms with van der Waals surface area (Å²) in [5, 5.41) is 3.10. The molecule has 4 rings (SSSR count). The van der Waals surface area contributed by atoms with Gasteiger partial charge >= 0.3 is 0 Å². The number of nitrogens with zero attached hydrogens (tertiary/aromatic N) is 2. The maximum Gasteiger partial charge on any atom is 0.251 e. The van der Waals surface area contributed by atoms with Gasteiger partial charge in [0.2, 0.25) is 0 Å². The molecule has 0 spiro atoms. The van der Waals surface area contributed by atoms with Crippen molar-refractivity contribution in [1.29, 1.82) is 0 Å². The van der Waals surface area contributed by atoms with Gasteiger partial charge in [0.1, 0.15) is 11.6 Å². The average Bonchev–Trinajstić information content (AvgIpc) is 3.15. The SMILES string of the molecule is COc1cccc(C(=O)NC(C)c2nc3ccccc3n2Cc2cc(C)ccc2C)c1. The van der Waals surface area contributed by atoms with Crippen LogP contribution in [0.5, 0.6) is 5.75 Å². The molecular weight excluding hydrogens is 386 g/mol. The molecule has 4 aromatic rings. The number of amides is 1. The number of para-hydroxylation sites is 2. The van der Waals surface area contributed by atoms with E-state index in [2.05, 4.69) is 48.0 Å². The first kappa shape index (κ1) is 20.7. The number of carbonyl (C=O) groups excluding carboxylic acids is 1. The number of benzene rings is 3. The van der Waals surface area contributed by atoms with E-state index in [9.17, 15) is 4.79 Å². The van der Waals surface area contributed by atoms with Gasteiger partial charge in [-0.3, -0.25) is 4.79 Å². The molecule has 31 heavy (non-hydrogen) atoms. The van der Waals surface area contributed by atoms with Gasteiger partial charge in [-0.15, -0.1) is 0 Å². The van der Waals surface area contributed by atoms with Crippen LogP contribution in [0.1, 0.15) is 45.8 Å². The summed E-state index contributed by atoms with van der Waals surface area (Å²) in [5.74, 6) is 1.33. The molecule has 0 aliphatic carbocycles. The van der Waals surface area contributed by atoms with Gasteiger partial charge in [0.05, 0.1) is 24.2 Å². The van der Waals surface area contributed by atoms with Gasteiger partial charge in [0.15, 0.2) is 0 Å². The number of aromatic nitrogens is 2. The molecule has 3 aromatic carbocycles. The second-order valence-electron chi connectivity index (χ2n) is 7.90. The first-order chi connectivity index (χ1) is 15.0. The molecule has 1 aromatic heterocycles. The molecular formula is C26H27N3O2. The Morgan fingerprint density at radius 3 is 2.68 bits per heavy atom. The number of fused-ring (bicyclic) bond motifs is 1. The number of hydrogen-bond donors (Lipinski definition) is 1. The summed E-state index contributed by atoms with van der Waals surface area (Å²) in [6.45, 7) is 6.90. The molecule has 0 saturated heterocycles. The lowest BCUT2D eigenvalue weighted by Gasteiger charge is -2.18. The van der Waals surface area contributed by atoms with Crippen molar-refractivity contribution < 1.29 is 9.53 Å². The highest BCUT2D eigenvalue weighted by atomic mass is 16.5. The molecule has 5 nitrogen and oxygen atoms in total. The zero-order chi connectivity index (χ0) is 22.0. The number of ether oxygens (including phenoxy) is 1. The molecule has 0 radical (unpaired) electrons. The number of methoxy groups -OCH3 is 1. The van der Waals surface area contributed by atoms with Crippen LogP contribution in [0.2, 0.25) is 0 Å². The molecule has 5 heteroatoms. The monoisotopic (exact) mass is 413 g/mol. The fourth-order valence-electron chi connectivity index (χ4n) is 3.84. The number of aryl methyl sites for hydroxylation is 2. The van der Waals surface area contributed by atoms with Crippen LogP contribution >= 0.6 is 0 Å². The predicted octanol–water partition coefficient (Wildman–Crippen LogP) is 5.20. The topological polar surface area (TPSA) is 56.1 Å². The molecule has 0 aliphatic heterocycles. The van der Waals surface area contributed by atoms with Crippen LogP contribution < -0.4 is 10.1 Å². The zero-order valence-electron chi connectivity index (χ0n) is 18.3. The van der Waals surface area contributed by atoms with Gasteiger partial charge < -0.3 is 14.6 Å². The van der Waals surface area contributed by atoms with Crippen molar-refractivity contribution in [2.75, 3.05) is 7.11 Å². The highest BCUT2D eigenvalue weighted by Crippen LogP contribution is 2.24. The predicted molar refractivity (Wildman–Crippen MR) is 124 cm³/mol. The van der Waals surface area contributed by atoms with Crippen LogP contribution in [0.4, 0.5) is 0 Å². The standard InChI is InChI=1S/C26H27N3O2/c1-17-12-13-18(2)21(14-17)16-29-24-11-6-5-10-23(24)28-25(29)19(3)27-26(30)20-8-7-9-22(15-20)31-4/h5-15,19H,16H2,1-4H3,(H,27,30). The maximum atomic E-state index is 12.9. The summed E-state index contributed by atoms with van der Waals surface area (Å²) in [4.78, 5) is 17.7. The summed E-state index contributed by atoms with van der Waals surface area (Å²) in [7, 11) is 1.59.